The van der Waals surface area contributed by atoms with Crippen LogP contribution in [0.25, 0.3) is 0 Å². The van der Waals surface area contributed by atoms with E-state index in [4.69, 9.17) is 17.3 Å². The van der Waals surface area contributed by atoms with Crippen molar-refractivity contribution in [1.82, 2.24) is 15.5 Å². The second-order valence-corrected chi connectivity index (χ2v) is 8.22. The van der Waals surface area contributed by atoms with Gasteiger partial charge in [-0.3, -0.25) is 24.6 Å². The lowest BCUT2D eigenvalue weighted by Gasteiger charge is -2.17. The van der Waals surface area contributed by atoms with Crippen LogP contribution in [0.2, 0.25) is 5.02 Å². The molecule has 1 aliphatic rings. The molecule has 34 heavy (non-hydrogen) atoms. The highest BCUT2D eigenvalue weighted by Gasteiger charge is 2.31. The Bertz CT molecular complexity index is 1110. The van der Waals surface area contributed by atoms with Crippen molar-refractivity contribution in [2.45, 2.75) is 25.2 Å². The molecule has 1 unspecified atom stereocenters. The number of carbonyl (C=O) groups is 2. The van der Waals surface area contributed by atoms with E-state index in [1.807, 2.05) is 4.90 Å². The minimum absolute atomic E-state index is 0.0502. The van der Waals surface area contributed by atoms with Crippen molar-refractivity contribution in [1.29, 1.82) is 0 Å². The van der Waals surface area contributed by atoms with Gasteiger partial charge < -0.3 is 16.4 Å². The summed E-state index contributed by atoms with van der Waals surface area (Å²) in [5.74, 6) is -1.40. The predicted octanol–water partition coefficient (Wildman–Crippen LogP) is 2.97. The van der Waals surface area contributed by atoms with Crippen molar-refractivity contribution < 1.29 is 27.7 Å². The molecule has 0 aromatic heterocycles. The summed E-state index contributed by atoms with van der Waals surface area (Å²) in [6, 6.07) is 6.74. The largest absolute Gasteiger partial charge is 0.416 e. The number of carbonyl (C=O) groups excluding carboxylic acids is 2. The van der Waals surface area contributed by atoms with E-state index in [1.54, 1.807) is 6.07 Å². The molecule has 2 amide bonds. The van der Waals surface area contributed by atoms with Gasteiger partial charge in [0.05, 0.1) is 22.6 Å². The van der Waals surface area contributed by atoms with Crippen LogP contribution in [-0.4, -0.2) is 47.3 Å². The fourth-order valence-corrected chi connectivity index (χ4v) is 3.80. The van der Waals surface area contributed by atoms with Crippen LogP contribution in [0.15, 0.2) is 36.4 Å². The highest BCUT2D eigenvalue weighted by atomic mass is 35.5. The van der Waals surface area contributed by atoms with Gasteiger partial charge in [-0.05, 0) is 36.2 Å². The molecule has 3 rings (SSSR count). The zero-order chi connectivity index (χ0) is 25.0. The molecule has 9 nitrogen and oxygen atoms in total. The molecule has 0 aliphatic carbocycles. The number of amides is 2. The minimum Gasteiger partial charge on any atom is -0.398 e. The van der Waals surface area contributed by atoms with Crippen LogP contribution in [0.3, 0.4) is 0 Å². The zero-order valence-corrected chi connectivity index (χ0v) is 18.4. The standard InChI is InChI=1S/C21H21ClF3N5O4/c22-16-3-1-12(7-18(16)30(33)34)10-29-6-5-14(11-29)28-19(31)9-27-20(32)15-8-13(21(23,24)25)2-4-17(15)26/h1-4,7-8,14H,5-6,9-11,26H2,(H,27,32)(H,28,31). The van der Waals surface area contributed by atoms with Crippen LogP contribution in [0.5, 0.6) is 0 Å². The van der Waals surface area contributed by atoms with Gasteiger partial charge in [0, 0.05) is 37.4 Å². The normalized spacial score (nSPS) is 16.3. The van der Waals surface area contributed by atoms with Gasteiger partial charge in [0.1, 0.15) is 5.02 Å². The number of nitrogens with zero attached hydrogens (tertiary/aromatic N) is 2. The number of nitrogens with two attached hydrogens (primary N) is 1. The maximum atomic E-state index is 12.9. The van der Waals surface area contributed by atoms with Gasteiger partial charge in [0.25, 0.3) is 11.6 Å². The van der Waals surface area contributed by atoms with Crippen LogP contribution in [0.4, 0.5) is 24.5 Å². The van der Waals surface area contributed by atoms with Gasteiger partial charge in [-0.15, -0.1) is 0 Å². The molecule has 13 heteroatoms. The zero-order valence-electron chi connectivity index (χ0n) is 17.7. The fraction of sp³-hybridized carbons (Fsp3) is 0.333. The molecule has 1 heterocycles. The van der Waals surface area contributed by atoms with Gasteiger partial charge in [-0.25, -0.2) is 0 Å². The Balaban J connectivity index is 1.50. The molecule has 2 aromatic carbocycles. The first-order valence-electron chi connectivity index (χ1n) is 10.1. The number of nitrogens with one attached hydrogen (secondary N) is 2. The van der Waals surface area contributed by atoms with E-state index in [0.29, 0.717) is 37.7 Å². The number of alkyl halides is 3. The summed E-state index contributed by atoms with van der Waals surface area (Å²) >= 11 is 5.83. The Morgan fingerprint density at radius 1 is 1.24 bits per heavy atom. The van der Waals surface area contributed by atoms with Crippen LogP contribution >= 0.6 is 11.6 Å². The molecular weight excluding hydrogens is 479 g/mol. The second-order valence-electron chi connectivity index (χ2n) is 7.81. The predicted molar refractivity (Wildman–Crippen MR) is 118 cm³/mol. The van der Waals surface area contributed by atoms with Crippen molar-refractivity contribution in [3.8, 4) is 0 Å². The Hall–Kier alpha value is -3.38. The molecule has 1 fully saturated rings. The van der Waals surface area contributed by atoms with E-state index in [0.717, 1.165) is 12.1 Å². The summed E-state index contributed by atoms with van der Waals surface area (Å²) in [4.78, 5) is 36.9. The Morgan fingerprint density at radius 3 is 2.65 bits per heavy atom. The third kappa shape index (κ3) is 6.35. The molecule has 0 spiro atoms. The maximum absolute atomic E-state index is 12.9. The van der Waals surface area contributed by atoms with Crippen molar-refractivity contribution in [3.63, 3.8) is 0 Å². The number of nitrogen functional groups attached to an aromatic ring is 1. The molecule has 1 saturated heterocycles. The molecule has 4 N–H and O–H groups in total. The van der Waals surface area contributed by atoms with Gasteiger partial charge in [-0.2, -0.15) is 13.2 Å². The van der Waals surface area contributed by atoms with Crippen molar-refractivity contribution in [3.05, 3.63) is 68.2 Å². The lowest BCUT2D eigenvalue weighted by Crippen LogP contribution is -2.43. The Morgan fingerprint density at radius 2 is 1.97 bits per heavy atom. The number of nitro benzene ring substituents is 1. The molecular formula is C21H21ClF3N5O4. The summed E-state index contributed by atoms with van der Waals surface area (Å²) in [5, 5.41) is 16.1. The number of anilines is 1. The summed E-state index contributed by atoms with van der Waals surface area (Å²) in [5.41, 5.74) is 4.60. The first-order chi connectivity index (χ1) is 15.9. The van der Waals surface area contributed by atoms with Gasteiger partial charge in [-0.1, -0.05) is 17.7 Å². The summed E-state index contributed by atoms with van der Waals surface area (Å²) in [6.07, 6.45) is -4.01. The van der Waals surface area contributed by atoms with Crippen molar-refractivity contribution in [2.75, 3.05) is 25.4 Å². The number of nitro groups is 1. The van der Waals surface area contributed by atoms with Crippen LogP contribution in [-0.2, 0) is 17.5 Å². The summed E-state index contributed by atoms with van der Waals surface area (Å²) in [6.45, 7) is 1.11. The van der Waals surface area contributed by atoms with E-state index >= 15 is 0 Å². The summed E-state index contributed by atoms with van der Waals surface area (Å²) in [7, 11) is 0. The Kier molecular flexibility index (Phi) is 7.62. The molecule has 0 saturated carbocycles. The number of benzene rings is 2. The van der Waals surface area contributed by atoms with E-state index in [2.05, 4.69) is 10.6 Å². The number of hydrogen-bond acceptors (Lipinski definition) is 6. The molecule has 182 valence electrons. The van der Waals surface area contributed by atoms with E-state index < -0.39 is 35.0 Å². The van der Waals surface area contributed by atoms with Gasteiger partial charge in [0.15, 0.2) is 0 Å². The van der Waals surface area contributed by atoms with Crippen LogP contribution < -0.4 is 16.4 Å². The number of rotatable bonds is 7. The Labute approximate surface area is 197 Å². The molecule has 0 radical (unpaired) electrons. The van der Waals surface area contributed by atoms with Crippen molar-refractivity contribution >= 4 is 34.8 Å². The average molecular weight is 500 g/mol. The lowest BCUT2D eigenvalue weighted by molar-refractivity contribution is -0.384. The molecule has 2 aromatic rings. The highest BCUT2D eigenvalue weighted by molar-refractivity contribution is 6.32. The monoisotopic (exact) mass is 499 g/mol. The molecule has 1 aliphatic heterocycles. The average Bonchev–Trinajstić information content (AvgIpc) is 3.19. The van der Waals surface area contributed by atoms with E-state index in [9.17, 15) is 32.9 Å². The number of likely N-dealkylation sites (tertiary alicyclic amines) is 1. The molecule has 0 bridgehead atoms. The van der Waals surface area contributed by atoms with Gasteiger partial charge >= 0.3 is 6.18 Å². The fourth-order valence-electron chi connectivity index (χ4n) is 3.61. The van der Waals surface area contributed by atoms with Gasteiger partial charge in [0.2, 0.25) is 5.91 Å². The maximum Gasteiger partial charge on any atom is 0.416 e. The first-order valence-corrected chi connectivity index (χ1v) is 10.5. The third-order valence-corrected chi connectivity index (χ3v) is 5.61. The summed E-state index contributed by atoms with van der Waals surface area (Å²) < 4.78 is 38.6. The second kappa shape index (κ2) is 10.3. The van der Waals surface area contributed by atoms with E-state index in [-0.39, 0.29) is 28.0 Å². The third-order valence-electron chi connectivity index (χ3n) is 5.29. The minimum atomic E-state index is -4.63. The van der Waals surface area contributed by atoms with Crippen molar-refractivity contribution in [2.24, 2.45) is 0 Å². The van der Waals surface area contributed by atoms with E-state index in [1.165, 1.54) is 12.1 Å². The SMILES string of the molecule is Nc1ccc(C(F)(F)F)cc1C(=O)NCC(=O)NC1CCN(Cc2ccc(Cl)c([N+](=O)[O-])c2)C1. The topological polar surface area (TPSA) is 131 Å². The van der Waals surface area contributed by atoms with Crippen LogP contribution in [0, 0.1) is 10.1 Å². The molecule has 1 atom stereocenters. The first kappa shape index (κ1) is 25.2. The quantitative estimate of drug-likeness (QED) is 0.305. The number of halogens is 4. The number of hydrogen-bond donors (Lipinski definition) is 3. The highest BCUT2D eigenvalue weighted by Crippen LogP contribution is 2.31. The smallest absolute Gasteiger partial charge is 0.398 e. The van der Waals surface area contributed by atoms with Crippen LogP contribution in [0.1, 0.15) is 27.9 Å². The lowest BCUT2D eigenvalue weighted by atomic mass is 10.1.